The molecule has 1 saturated heterocycles. The van der Waals surface area contributed by atoms with Gasteiger partial charge in [-0.2, -0.15) is 0 Å². The number of benzene rings is 1. The number of nitrogens with two attached hydrogens (primary N) is 1. The molecule has 13 heavy (non-hydrogen) atoms. The molecule has 1 aliphatic heterocycles. The highest BCUT2D eigenvalue weighted by molar-refractivity contribution is 5.19. The summed E-state index contributed by atoms with van der Waals surface area (Å²) >= 11 is 0. The number of hydrogen-bond acceptors (Lipinski definition) is 2. The van der Waals surface area contributed by atoms with Crippen LogP contribution in [0.5, 0.6) is 0 Å². The lowest BCUT2D eigenvalue weighted by Gasteiger charge is -2.18. The predicted molar refractivity (Wildman–Crippen MR) is 52.3 cm³/mol. The summed E-state index contributed by atoms with van der Waals surface area (Å²) in [6.07, 6.45) is 2.46. The fourth-order valence-electron chi connectivity index (χ4n) is 1.78. The van der Waals surface area contributed by atoms with Gasteiger partial charge in [0.15, 0.2) is 0 Å². The van der Waals surface area contributed by atoms with Gasteiger partial charge in [0, 0.05) is 6.61 Å². The van der Waals surface area contributed by atoms with Gasteiger partial charge in [0.05, 0.1) is 12.1 Å². The largest absolute Gasteiger partial charge is 0.376 e. The number of hydrogen-bond donors (Lipinski definition) is 1. The minimum atomic E-state index is 0.0451. The van der Waals surface area contributed by atoms with Gasteiger partial charge < -0.3 is 10.5 Å². The average molecular weight is 177 g/mol. The van der Waals surface area contributed by atoms with E-state index in [1.807, 2.05) is 18.2 Å². The molecule has 0 saturated carbocycles. The van der Waals surface area contributed by atoms with Crippen LogP contribution in [0.25, 0.3) is 0 Å². The lowest BCUT2D eigenvalue weighted by molar-refractivity contribution is 0.0900. The first kappa shape index (κ1) is 8.73. The van der Waals surface area contributed by atoms with E-state index in [0.29, 0.717) is 0 Å². The third-order valence-corrected chi connectivity index (χ3v) is 2.55. The molecule has 0 aromatic heterocycles. The molecule has 0 spiro atoms. The Bertz CT molecular complexity index is 254. The first-order valence-electron chi connectivity index (χ1n) is 4.80. The molecule has 0 unspecified atom stereocenters. The molecule has 0 aliphatic carbocycles. The molecule has 0 amide bonds. The molecule has 1 fully saturated rings. The van der Waals surface area contributed by atoms with Crippen LogP contribution in [0.1, 0.15) is 24.4 Å². The van der Waals surface area contributed by atoms with Crippen LogP contribution < -0.4 is 5.73 Å². The number of ether oxygens (including phenoxy) is 1. The highest BCUT2D eigenvalue weighted by Gasteiger charge is 2.23. The average Bonchev–Trinajstić information content (AvgIpc) is 2.71. The van der Waals surface area contributed by atoms with Crippen molar-refractivity contribution < 1.29 is 4.74 Å². The minimum absolute atomic E-state index is 0.0451. The minimum Gasteiger partial charge on any atom is -0.376 e. The highest BCUT2D eigenvalue weighted by atomic mass is 16.5. The first-order chi connectivity index (χ1) is 6.38. The smallest absolute Gasteiger partial charge is 0.0768 e. The van der Waals surface area contributed by atoms with Crippen LogP contribution in [0.2, 0.25) is 0 Å². The monoisotopic (exact) mass is 177 g/mol. The maximum atomic E-state index is 6.08. The Labute approximate surface area is 78.7 Å². The lowest BCUT2D eigenvalue weighted by atomic mass is 10.0. The fourth-order valence-corrected chi connectivity index (χ4v) is 1.78. The second-order valence-corrected chi connectivity index (χ2v) is 3.49. The van der Waals surface area contributed by atoms with Crippen LogP contribution >= 0.6 is 0 Å². The maximum absolute atomic E-state index is 6.08. The van der Waals surface area contributed by atoms with E-state index in [1.54, 1.807) is 0 Å². The van der Waals surface area contributed by atoms with E-state index >= 15 is 0 Å². The summed E-state index contributed by atoms with van der Waals surface area (Å²) in [7, 11) is 0. The Hall–Kier alpha value is -0.860. The summed E-state index contributed by atoms with van der Waals surface area (Å²) < 4.78 is 5.54. The third kappa shape index (κ3) is 1.90. The van der Waals surface area contributed by atoms with Gasteiger partial charge in [-0.05, 0) is 18.4 Å². The highest BCUT2D eigenvalue weighted by Crippen LogP contribution is 2.24. The molecule has 2 nitrogen and oxygen atoms in total. The normalized spacial score (nSPS) is 24.5. The van der Waals surface area contributed by atoms with E-state index in [9.17, 15) is 0 Å². The van der Waals surface area contributed by atoms with E-state index in [1.165, 1.54) is 5.56 Å². The van der Waals surface area contributed by atoms with Gasteiger partial charge in [-0.3, -0.25) is 0 Å². The van der Waals surface area contributed by atoms with Crippen molar-refractivity contribution in [2.75, 3.05) is 6.61 Å². The zero-order valence-electron chi connectivity index (χ0n) is 7.65. The molecule has 2 heteroatoms. The van der Waals surface area contributed by atoms with E-state index < -0.39 is 0 Å². The van der Waals surface area contributed by atoms with Crippen LogP contribution in [0.4, 0.5) is 0 Å². The van der Waals surface area contributed by atoms with E-state index in [-0.39, 0.29) is 12.1 Å². The second-order valence-electron chi connectivity index (χ2n) is 3.49. The van der Waals surface area contributed by atoms with Crippen LogP contribution in [0.3, 0.4) is 0 Å². The van der Waals surface area contributed by atoms with Gasteiger partial charge in [-0.25, -0.2) is 0 Å². The van der Waals surface area contributed by atoms with Crippen molar-refractivity contribution >= 4 is 0 Å². The molecule has 2 rings (SSSR count). The molecule has 1 aromatic rings. The second kappa shape index (κ2) is 3.90. The van der Waals surface area contributed by atoms with E-state index in [0.717, 1.165) is 19.4 Å². The standard InChI is InChI=1S/C11H15NO/c12-11(10-7-4-8-13-10)9-5-2-1-3-6-9/h1-3,5-6,10-11H,4,7-8,12H2/t10-,11-/m1/s1. The fraction of sp³-hybridized carbons (Fsp3) is 0.455. The zero-order valence-corrected chi connectivity index (χ0v) is 7.65. The van der Waals surface area contributed by atoms with Gasteiger partial charge in [-0.1, -0.05) is 30.3 Å². The molecule has 2 N–H and O–H groups in total. The maximum Gasteiger partial charge on any atom is 0.0768 e. The van der Waals surface area contributed by atoms with E-state index in [4.69, 9.17) is 10.5 Å². The summed E-state index contributed by atoms with van der Waals surface area (Å²) in [4.78, 5) is 0. The van der Waals surface area contributed by atoms with Crippen molar-refractivity contribution in [1.29, 1.82) is 0 Å². The topological polar surface area (TPSA) is 35.2 Å². The molecule has 1 aromatic carbocycles. The Kier molecular flexibility index (Phi) is 2.62. The first-order valence-corrected chi connectivity index (χ1v) is 4.80. The van der Waals surface area contributed by atoms with Crippen molar-refractivity contribution in [3.63, 3.8) is 0 Å². The molecule has 1 heterocycles. The Morgan fingerprint density at radius 2 is 2.08 bits per heavy atom. The van der Waals surface area contributed by atoms with Crippen molar-refractivity contribution in [3.8, 4) is 0 Å². The van der Waals surface area contributed by atoms with Gasteiger partial charge >= 0.3 is 0 Å². The molecule has 1 aliphatic rings. The summed E-state index contributed by atoms with van der Waals surface area (Å²) in [6, 6.07) is 10.2. The van der Waals surface area contributed by atoms with Crippen molar-refractivity contribution in [1.82, 2.24) is 0 Å². The molecular formula is C11H15NO. The van der Waals surface area contributed by atoms with Crippen molar-refractivity contribution in [3.05, 3.63) is 35.9 Å². The summed E-state index contributed by atoms with van der Waals surface area (Å²) in [6.45, 7) is 0.866. The molecule has 2 atom stereocenters. The number of rotatable bonds is 2. The van der Waals surface area contributed by atoms with Crippen LogP contribution in [-0.2, 0) is 4.74 Å². The van der Waals surface area contributed by atoms with E-state index in [2.05, 4.69) is 12.1 Å². The zero-order chi connectivity index (χ0) is 9.10. The Morgan fingerprint density at radius 1 is 1.31 bits per heavy atom. The molecular weight excluding hydrogens is 162 g/mol. The Balaban J connectivity index is 2.08. The summed E-state index contributed by atoms with van der Waals surface area (Å²) in [5.41, 5.74) is 7.25. The van der Waals surface area contributed by atoms with Gasteiger partial charge in [0.1, 0.15) is 0 Å². The van der Waals surface area contributed by atoms with Gasteiger partial charge in [-0.15, -0.1) is 0 Å². The van der Waals surface area contributed by atoms with Crippen LogP contribution in [-0.4, -0.2) is 12.7 Å². The van der Waals surface area contributed by atoms with Crippen molar-refractivity contribution in [2.24, 2.45) is 5.73 Å². The SMILES string of the molecule is N[C@H](c1ccccc1)[C@H]1CCCO1. The molecule has 70 valence electrons. The van der Waals surface area contributed by atoms with Crippen LogP contribution in [0.15, 0.2) is 30.3 Å². The lowest BCUT2D eigenvalue weighted by Crippen LogP contribution is -2.25. The third-order valence-electron chi connectivity index (χ3n) is 2.55. The van der Waals surface area contributed by atoms with Crippen LogP contribution in [0, 0.1) is 0 Å². The van der Waals surface area contributed by atoms with Crippen molar-refractivity contribution in [2.45, 2.75) is 25.0 Å². The quantitative estimate of drug-likeness (QED) is 0.748. The van der Waals surface area contributed by atoms with Gasteiger partial charge in [0.25, 0.3) is 0 Å². The predicted octanol–water partition coefficient (Wildman–Crippen LogP) is 1.87. The molecule has 0 radical (unpaired) electrons. The molecule has 0 bridgehead atoms. The summed E-state index contributed by atoms with van der Waals surface area (Å²) in [5, 5.41) is 0. The Morgan fingerprint density at radius 3 is 2.69 bits per heavy atom. The summed E-state index contributed by atoms with van der Waals surface area (Å²) in [5.74, 6) is 0. The van der Waals surface area contributed by atoms with Gasteiger partial charge in [0.2, 0.25) is 0 Å².